The molecule has 0 fully saturated rings. The van der Waals surface area contributed by atoms with Gasteiger partial charge in [-0.2, -0.15) is 0 Å². The van der Waals surface area contributed by atoms with Crippen LogP contribution in [0.1, 0.15) is 21.8 Å². The van der Waals surface area contributed by atoms with Crippen LogP contribution in [-0.2, 0) is 0 Å². The van der Waals surface area contributed by atoms with Crippen molar-refractivity contribution in [2.24, 2.45) is 0 Å². The fraction of sp³-hybridized carbons (Fsp3) is 0.167. The Morgan fingerprint density at radius 1 is 1.44 bits per heavy atom. The molecule has 2 aromatic rings. The first-order chi connectivity index (χ1) is 8.49. The Hall–Kier alpha value is -1.69. The van der Waals surface area contributed by atoms with Gasteiger partial charge >= 0.3 is 0 Å². The molecule has 94 valence electrons. The smallest absolute Gasteiger partial charge is 0.258 e. The fourth-order valence-corrected chi connectivity index (χ4v) is 1.85. The SMILES string of the molecule is Cc1noc(C)c1NC(=O)c1ccc(Br)cc1F. The molecule has 0 spiro atoms. The predicted octanol–water partition coefficient (Wildman–Crippen LogP) is 3.45. The molecule has 0 bridgehead atoms. The molecule has 0 atom stereocenters. The molecule has 0 saturated heterocycles. The first kappa shape index (κ1) is 12.8. The topological polar surface area (TPSA) is 55.1 Å². The van der Waals surface area contributed by atoms with Crippen molar-refractivity contribution in [1.82, 2.24) is 5.16 Å². The van der Waals surface area contributed by atoms with Crippen LogP contribution < -0.4 is 5.32 Å². The van der Waals surface area contributed by atoms with Gasteiger partial charge in [-0.3, -0.25) is 4.79 Å². The predicted molar refractivity (Wildman–Crippen MR) is 68.0 cm³/mol. The second kappa shape index (κ2) is 4.89. The number of carbonyl (C=O) groups excluding carboxylic acids is 1. The third-order valence-corrected chi connectivity index (χ3v) is 2.94. The number of aryl methyl sites for hydroxylation is 2. The molecule has 0 aliphatic rings. The molecule has 1 heterocycles. The van der Waals surface area contributed by atoms with Crippen LogP contribution in [0, 0.1) is 19.7 Å². The monoisotopic (exact) mass is 312 g/mol. The van der Waals surface area contributed by atoms with E-state index in [1.807, 2.05) is 0 Å². The van der Waals surface area contributed by atoms with Crippen LogP contribution in [0.15, 0.2) is 27.2 Å². The first-order valence-electron chi connectivity index (χ1n) is 5.18. The van der Waals surface area contributed by atoms with Crippen molar-refractivity contribution in [2.45, 2.75) is 13.8 Å². The van der Waals surface area contributed by atoms with Crippen LogP contribution in [0.3, 0.4) is 0 Å². The number of amides is 1. The van der Waals surface area contributed by atoms with Crippen LogP contribution in [-0.4, -0.2) is 11.1 Å². The number of hydrogen-bond donors (Lipinski definition) is 1. The fourth-order valence-electron chi connectivity index (χ4n) is 1.52. The Morgan fingerprint density at radius 2 is 2.17 bits per heavy atom. The number of halogens is 2. The van der Waals surface area contributed by atoms with Crippen LogP contribution in [0.25, 0.3) is 0 Å². The second-order valence-electron chi connectivity index (χ2n) is 3.78. The van der Waals surface area contributed by atoms with Gasteiger partial charge < -0.3 is 9.84 Å². The number of nitrogens with zero attached hydrogens (tertiary/aromatic N) is 1. The lowest BCUT2D eigenvalue weighted by molar-refractivity contribution is 0.102. The van der Waals surface area contributed by atoms with E-state index in [4.69, 9.17) is 4.52 Å². The van der Waals surface area contributed by atoms with Gasteiger partial charge in [0, 0.05) is 4.47 Å². The summed E-state index contributed by atoms with van der Waals surface area (Å²) < 4.78 is 19.1. The van der Waals surface area contributed by atoms with Crippen molar-refractivity contribution in [1.29, 1.82) is 0 Å². The average molecular weight is 313 g/mol. The highest BCUT2D eigenvalue weighted by Gasteiger charge is 2.16. The van der Waals surface area contributed by atoms with Gasteiger partial charge in [0.05, 0.1) is 5.56 Å². The number of benzene rings is 1. The summed E-state index contributed by atoms with van der Waals surface area (Å²) in [5.74, 6) is -0.638. The molecule has 1 aromatic carbocycles. The lowest BCUT2D eigenvalue weighted by atomic mass is 10.2. The van der Waals surface area contributed by atoms with Crippen molar-refractivity contribution in [3.8, 4) is 0 Å². The first-order valence-corrected chi connectivity index (χ1v) is 5.97. The molecular formula is C12H10BrFN2O2. The van der Waals surface area contributed by atoms with Gasteiger partial charge in [0.2, 0.25) is 0 Å². The lowest BCUT2D eigenvalue weighted by Crippen LogP contribution is -2.14. The Morgan fingerprint density at radius 3 is 2.72 bits per heavy atom. The molecule has 1 aromatic heterocycles. The Labute approximate surface area is 111 Å². The van der Waals surface area contributed by atoms with Gasteiger partial charge in [-0.15, -0.1) is 0 Å². The van der Waals surface area contributed by atoms with E-state index in [0.29, 0.717) is 21.6 Å². The van der Waals surface area contributed by atoms with Gasteiger partial charge in [-0.05, 0) is 32.0 Å². The summed E-state index contributed by atoms with van der Waals surface area (Å²) in [6, 6.07) is 4.25. The third kappa shape index (κ3) is 2.43. The van der Waals surface area contributed by atoms with Crippen molar-refractivity contribution in [3.05, 3.63) is 45.5 Å². The summed E-state index contributed by atoms with van der Waals surface area (Å²) in [4.78, 5) is 11.9. The molecule has 0 saturated carbocycles. The van der Waals surface area contributed by atoms with Crippen molar-refractivity contribution < 1.29 is 13.7 Å². The van der Waals surface area contributed by atoms with Crippen LogP contribution in [0.5, 0.6) is 0 Å². The maximum absolute atomic E-state index is 13.6. The molecule has 2 rings (SSSR count). The molecule has 0 radical (unpaired) electrons. The molecule has 0 unspecified atom stereocenters. The highest BCUT2D eigenvalue weighted by atomic mass is 79.9. The molecule has 6 heteroatoms. The summed E-state index contributed by atoms with van der Waals surface area (Å²) in [5.41, 5.74) is 0.999. The van der Waals surface area contributed by atoms with E-state index in [-0.39, 0.29) is 5.56 Å². The van der Waals surface area contributed by atoms with E-state index < -0.39 is 11.7 Å². The molecule has 0 aliphatic carbocycles. The highest BCUT2D eigenvalue weighted by molar-refractivity contribution is 9.10. The summed E-state index contributed by atoms with van der Waals surface area (Å²) in [5, 5.41) is 6.29. The van der Waals surface area contributed by atoms with Crippen LogP contribution in [0.2, 0.25) is 0 Å². The number of rotatable bonds is 2. The van der Waals surface area contributed by atoms with E-state index in [0.717, 1.165) is 0 Å². The van der Waals surface area contributed by atoms with E-state index in [1.54, 1.807) is 19.9 Å². The standard InChI is InChI=1S/C12H10BrFN2O2/c1-6-11(7(2)18-16-6)15-12(17)9-4-3-8(13)5-10(9)14/h3-5H,1-2H3,(H,15,17). The molecule has 0 aliphatic heterocycles. The van der Waals surface area contributed by atoms with Crippen molar-refractivity contribution >= 4 is 27.5 Å². The van der Waals surface area contributed by atoms with Gasteiger partial charge in [0.25, 0.3) is 5.91 Å². The summed E-state index contributed by atoms with van der Waals surface area (Å²) in [7, 11) is 0. The maximum atomic E-state index is 13.6. The third-order valence-electron chi connectivity index (χ3n) is 2.45. The minimum atomic E-state index is -0.589. The number of nitrogens with one attached hydrogen (secondary N) is 1. The van der Waals surface area contributed by atoms with Crippen molar-refractivity contribution in [2.75, 3.05) is 5.32 Å². The minimum Gasteiger partial charge on any atom is -0.359 e. The molecular weight excluding hydrogens is 303 g/mol. The van der Waals surface area contributed by atoms with Crippen LogP contribution in [0.4, 0.5) is 10.1 Å². The quantitative estimate of drug-likeness (QED) is 0.924. The zero-order chi connectivity index (χ0) is 13.3. The largest absolute Gasteiger partial charge is 0.359 e. The molecule has 1 N–H and O–H groups in total. The van der Waals surface area contributed by atoms with Gasteiger partial charge in [-0.1, -0.05) is 21.1 Å². The molecule has 18 heavy (non-hydrogen) atoms. The lowest BCUT2D eigenvalue weighted by Gasteiger charge is -2.05. The average Bonchev–Trinajstić information content (AvgIpc) is 2.60. The number of hydrogen-bond acceptors (Lipinski definition) is 3. The van der Waals surface area contributed by atoms with Gasteiger partial charge in [-0.25, -0.2) is 4.39 Å². The minimum absolute atomic E-state index is 0.0294. The number of anilines is 1. The molecule has 4 nitrogen and oxygen atoms in total. The Bertz CT molecular complexity index is 591. The van der Waals surface area contributed by atoms with E-state index in [2.05, 4.69) is 26.4 Å². The zero-order valence-electron chi connectivity index (χ0n) is 9.75. The van der Waals surface area contributed by atoms with Gasteiger partial charge in [0.15, 0.2) is 5.76 Å². The summed E-state index contributed by atoms with van der Waals surface area (Å²) in [6.45, 7) is 3.37. The maximum Gasteiger partial charge on any atom is 0.258 e. The number of carbonyl (C=O) groups is 1. The normalized spacial score (nSPS) is 10.4. The highest BCUT2D eigenvalue weighted by Crippen LogP contribution is 2.21. The Balaban J connectivity index is 2.28. The molecule has 1 amide bonds. The van der Waals surface area contributed by atoms with Crippen LogP contribution >= 0.6 is 15.9 Å². The second-order valence-corrected chi connectivity index (χ2v) is 4.69. The van der Waals surface area contributed by atoms with E-state index in [1.165, 1.54) is 12.1 Å². The van der Waals surface area contributed by atoms with Crippen molar-refractivity contribution in [3.63, 3.8) is 0 Å². The van der Waals surface area contributed by atoms with Gasteiger partial charge in [0.1, 0.15) is 17.2 Å². The number of aromatic nitrogens is 1. The van der Waals surface area contributed by atoms with E-state index in [9.17, 15) is 9.18 Å². The van der Waals surface area contributed by atoms with E-state index >= 15 is 0 Å². The summed E-state index contributed by atoms with van der Waals surface area (Å²) >= 11 is 3.13. The Kier molecular flexibility index (Phi) is 3.47. The zero-order valence-corrected chi connectivity index (χ0v) is 11.3. The summed E-state index contributed by atoms with van der Waals surface area (Å²) in [6.07, 6.45) is 0.